The molecule has 0 aliphatic carbocycles. The van der Waals surface area contributed by atoms with Crippen molar-refractivity contribution in [2.45, 2.75) is 19.9 Å². The maximum absolute atomic E-state index is 11.5. The van der Waals surface area contributed by atoms with E-state index in [4.69, 9.17) is 27.9 Å². The second kappa shape index (κ2) is 5.98. The first-order chi connectivity index (χ1) is 7.93. The van der Waals surface area contributed by atoms with E-state index in [1.54, 1.807) is 12.1 Å². The van der Waals surface area contributed by atoms with Gasteiger partial charge in [0.05, 0.1) is 22.8 Å². The van der Waals surface area contributed by atoms with Crippen LogP contribution in [0.15, 0.2) is 12.1 Å². The molecular formula is C11H14Cl2N2O2. The molecule has 0 fully saturated rings. The third-order valence-electron chi connectivity index (χ3n) is 1.91. The Balaban J connectivity index is 2.85. The topological polar surface area (TPSA) is 50.4 Å². The fourth-order valence-electron chi connectivity index (χ4n) is 1.20. The lowest BCUT2D eigenvalue weighted by atomic mass is 10.3. The Labute approximate surface area is 110 Å². The van der Waals surface area contributed by atoms with Crippen molar-refractivity contribution in [3.8, 4) is 5.75 Å². The first-order valence-corrected chi connectivity index (χ1v) is 5.80. The Morgan fingerprint density at radius 3 is 2.47 bits per heavy atom. The number of amides is 2. The summed E-state index contributed by atoms with van der Waals surface area (Å²) in [4.78, 5) is 11.5. The van der Waals surface area contributed by atoms with E-state index in [9.17, 15) is 4.79 Å². The number of halogens is 2. The third-order valence-corrected chi connectivity index (χ3v) is 2.52. The number of anilines is 1. The Kier molecular flexibility index (Phi) is 4.90. The quantitative estimate of drug-likeness (QED) is 0.887. The molecule has 0 atom stereocenters. The number of hydrogen-bond donors (Lipinski definition) is 2. The summed E-state index contributed by atoms with van der Waals surface area (Å²) in [5, 5.41) is 6.05. The van der Waals surface area contributed by atoms with Crippen molar-refractivity contribution in [1.29, 1.82) is 0 Å². The number of rotatable bonds is 3. The minimum atomic E-state index is -0.330. The van der Waals surface area contributed by atoms with Gasteiger partial charge in [-0.2, -0.15) is 0 Å². The molecule has 2 N–H and O–H groups in total. The van der Waals surface area contributed by atoms with E-state index >= 15 is 0 Å². The van der Waals surface area contributed by atoms with Crippen molar-refractivity contribution in [1.82, 2.24) is 5.32 Å². The zero-order chi connectivity index (χ0) is 13.0. The van der Waals surface area contributed by atoms with Gasteiger partial charge in [-0.25, -0.2) is 4.79 Å². The van der Waals surface area contributed by atoms with Crippen LogP contribution in [-0.4, -0.2) is 19.2 Å². The van der Waals surface area contributed by atoms with E-state index in [0.29, 0.717) is 21.5 Å². The van der Waals surface area contributed by atoms with E-state index in [1.807, 2.05) is 13.8 Å². The number of urea groups is 1. The minimum Gasteiger partial charge on any atom is -0.495 e. The van der Waals surface area contributed by atoms with Crippen LogP contribution in [0.25, 0.3) is 0 Å². The molecule has 2 amide bonds. The Bertz CT molecular complexity index is 422. The van der Waals surface area contributed by atoms with E-state index in [2.05, 4.69) is 10.6 Å². The summed E-state index contributed by atoms with van der Waals surface area (Å²) in [6.45, 7) is 3.73. The van der Waals surface area contributed by atoms with Gasteiger partial charge in [0.2, 0.25) is 0 Å². The van der Waals surface area contributed by atoms with Crippen LogP contribution in [0.4, 0.5) is 10.5 Å². The fourth-order valence-corrected chi connectivity index (χ4v) is 1.64. The van der Waals surface area contributed by atoms with Crippen LogP contribution in [0.5, 0.6) is 5.75 Å². The van der Waals surface area contributed by atoms with Crippen LogP contribution in [0.3, 0.4) is 0 Å². The van der Waals surface area contributed by atoms with E-state index in [-0.39, 0.29) is 12.1 Å². The van der Waals surface area contributed by atoms with Crippen LogP contribution in [0.1, 0.15) is 13.8 Å². The van der Waals surface area contributed by atoms with Gasteiger partial charge in [0.25, 0.3) is 0 Å². The first kappa shape index (κ1) is 13.9. The van der Waals surface area contributed by atoms with Gasteiger partial charge in [0, 0.05) is 12.1 Å². The molecule has 0 unspecified atom stereocenters. The maximum atomic E-state index is 11.5. The number of benzene rings is 1. The van der Waals surface area contributed by atoms with Crippen molar-refractivity contribution in [3.05, 3.63) is 22.2 Å². The Morgan fingerprint density at radius 1 is 1.29 bits per heavy atom. The Hall–Kier alpha value is -1.13. The molecule has 0 aromatic heterocycles. The molecule has 4 nitrogen and oxygen atoms in total. The van der Waals surface area contributed by atoms with Crippen LogP contribution in [0.2, 0.25) is 10.0 Å². The second-order valence-corrected chi connectivity index (χ2v) is 4.53. The van der Waals surface area contributed by atoms with Gasteiger partial charge in [-0.3, -0.25) is 0 Å². The third kappa shape index (κ3) is 3.98. The van der Waals surface area contributed by atoms with Crippen molar-refractivity contribution in [3.63, 3.8) is 0 Å². The van der Waals surface area contributed by atoms with Gasteiger partial charge in [-0.1, -0.05) is 23.2 Å². The molecule has 1 rings (SSSR count). The fraction of sp³-hybridized carbons (Fsp3) is 0.364. The first-order valence-electron chi connectivity index (χ1n) is 5.04. The summed E-state index contributed by atoms with van der Waals surface area (Å²) in [7, 11) is 1.50. The predicted octanol–water partition coefficient (Wildman–Crippen LogP) is 3.53. The smallest absolute Gasteiger partial charge is 0.319 e. The highest BCUT2D eigenvalue weighted by atomic mass is 35.5. The molecule has 0 aliphatic rings. The normalized spacial score (nSPS) is 10.2. The van der Waals surface area contributed by atoms with Crippen LogP contribution in [-0.2, 0) is 0 Å². The minimum absolute atomic E-state index is 0.0440. The van der Waals surface area contributed by atoms with Crippen molar-refractivity contribution in [2.75, 3.05) is 12.4 Å². The molecule has 0 saturated carbocycles. The largest absolute Gasteiger partial charge is 0.495 e. The summed E-state index contributed by atoms with van der Waals surface area (Å²) < 4.78 is 5.01. The van der Waals surface area contributed by atoms with Crippen molar-refractivity contribution in [2.24, 2.45) is 0 Å². The summed E-state index contributed by atoms with van der Waals surface area (Å²) in [6.07, 6.45) is 0. The highest BCUT2D eigenvalue weighted by molar-refractivity contribution is 6.36. The van der Waals surface area contributed by atoms with Gasteiger partial charge in [0.1, 0.15) is 5.75 Å². The number of ether oxygens (including phenoxy) is 1. The molecule has 17 heavy (non-hydrogen) atoms. The SMILES string of the molecule is COc1cc(Cl)c(NC(=O)NC(C)C)cc1Cl. The monoisotopic (exact) mass is 276 g/mol. The number of hydrogen-bond acceptors (Lipinski definition) is 2. The van der Waals surface area contributed by atoms with Crippen LogP contribution < -0.4 is 15.4 Å². The molecule has 0 spiro atoms. The summed E-state index contributed by atoms with van der Waals surface area (Å²) in [6, 6.07) is 2.81. The molecule has 6 heteroatoms. The molecule has 0 saturated heterocycles. The predicted molar refractivity (Wildman–Crippen MR) is 70.3 cm³/mol. The lowest BCUT2D eigenvalue weighted by Gasteiger charge is -2.12. The molecule has 1 aromatic rings. The van der Waals surface area contributed by atoms with Gasteiger partial charge in [-0.05, 0) is 19.9 Å². The summed E-state index contributed by atoms with van der Waals surface area (Å²) in [5.74, 6) is 0.464. The van der Waals surface area contributed by atoms with Gasteiger partial charge in [0.15, 0.2) is 0 Å². The molecule has 0 bridgehead atoms. The van der Waals surface area contributed by atoms with E-state index in [0.717, 1.165) is 0 Å². The molecule has 0 heterocycles. The molecule has 0 radical (unpaired) electrons. The average molecular weight is 277 g/mol. The molecule has 1 aromatic carbocycles. The van der Waals surface area contributed by atoms with E-state index < -0.39 is 0 Å². The van der Waals surface area contributed by atoms with Crippen molar-refractivity contribution >= 4 is 34.9 Å². The number of carbonyl (C=O) groups excluding carboxylic acids is 1. The van der Waals surface area contributed by atoms with Gasteiger partial charge in [-0.15, -0.1) is 0 Å². The standard InChI is InChI=1S/C11H14Cl2N2O2/c1-6(2)14-11(16)15-9-4-8(13)10(17-3)5-7(9)12/h4-6H,1-3H3,(H2,14,15,16). The van der Waals surface area contributed by atoms with E-state index in [1.165, 1.54) is 7.11 Å². The number of methoxy groups -OCH3 is 1. The Morgan fingerprint density at radius 2 is 1.94 bits per heavy atom. The van der Waals surface area contributed by atoms with Gasteiger partial charge >= 0.3 is 6.03 Å². The van der Waals surface area contributed by atoms with Crippen molar-refractivity contribution < 1.29 is 9.53 Å². The molecular weight excluding hydrogens is 263 g/mol. The maximum Gasteiger partial charge on any atom is 0.319 e. The lowest BCUT2D eigenvalue weighted by Crippen LogP contribution is -2.34. The number of carbonyl (C=O) groups is 1. The zero-order valence-corrected chi connectivity index (χ0v) is 11.3. The zero-order valence-electron chi connectivity index (χ0n) is 9.80. The molecule has 94 valence electrons. The lowest BCUT2D eigenvalue weighted by molar-refractivity contribution is 0.250. The summed E-state index contributed by atoms with van der Waals surface area (Å²) >= 11 is 11.9. The molecule has 0 aliphatic heterocycles. The van der Waals surface area contributed by atoms with Crippen LogP contribution in [0, 0.1) is 0 Å². The highest BCUT2D eigenvalue weighted by Crippen LogP contribution is 2.33. The highest BCUT2D eigenvalue weighted by Gasteiger charge is 2.10. The van der Waals surface area contributed by atoms with Crippen LogP contribution >= 0.6 is 23.2 Å². The van der Waals surface area contributed by atoms with Gasteiger partial charge < -0.3 is 15.4 Å². The summed E-state index contributed by atoms with van der Waals surface area (Å²) in [5.41, 5.74) is 0.440. The number of nitrogens with one attached hydrogen (secondary N) is 2. The average Bonchev–Trinajstić information content (AvgIpc) is 2.21. The second-order valence-electron chi connectivity index (χ2n) is 3.72.